The molecule has 1 unspecified atom stereocenters. The number of nitriles is 1. The summed E-state index contributed by atoms with van der Waals surface area (Å²) in [5, 5.41) is 18.5. The van der Waals surface area contributed by atoms with Crippen molar-refractivity contribution < 1.29 is 14.2 Å². The zero-order valence-corrected chi connectivity index (χ0v) is 12.9. The van der Waals surface area contributed by atoms with E-state index in [1.807, 2.05) is 0 Å². The van der Waals surface area contributed by atoms with E-state index < -0.39 is 11.9 Å². The molecule has 0 aliphatic carbocycles. The zero-order chi connectivity index (χ0) is 15.4. The van der Waals surface area contributed by atoms with Crippen LogP contribution in [0.4, 0.5) is 4.39 Å². The van der Waals surface area contributed by atoms with Gasteiger partial charge < -0.3 is 9.84 Å². The average molecular weight is 350 g/mol. The van der Waals surface area contributed by atoms with Crippen molar-refractivity contribution in [1.82, 2.24) is 0 Å². The molecular formula is C16H13BrFNO2. The summed E-state index contributed by atoms with van der Waals surface area (Å²) in [4.78, 5) is 0. The Hall–Kier alpha value is -1.90. The van der Waals surface area contributed by atoms with Gasteiger partial charge >= 0.3 is 0 Å². The lowest BCUT2D eigenvalue weighted by Gasteiger charge is -2.14. The number of aliphatic hydroxyl groups excluding tert-OH is 1. The molecule has 108 valence electrons. The van der Waals surface area contributed by atoms with E-state index in [-0.39, 0.29) is 12.2 Å². The number of halogens is 2. The number of aliphatic hydroxyl groups is 1. The first-order valence-electron chi connectivity index (χ1n) is 6.30. The monoisotopic (exact) mass is 349 g/mol. The summed E-state index contributed by atoms with van der Waals surface area (Å²) in [5.74, 6) is -0.102. The SMILES string of the molecule is CC(O)c1ccc(Br)cc1OCc1cccc(C#N)c1F. The van der Waals surface area contributed by atoms with Crippen LogP contribution < -0.4 is 4.74 Å². The Kier molecular flexibility index (Phi) is 4.94. The van der Waals surface area contributed by atoms with Gasteiger partial charge in [0.15, 0.2) is 0 Å². The summed E-state index contributed by atoms with van der Waals surface area (Å²) < 4.78 is 20.4. The highest BCUT2D eigenvalue weighted by atomic mass is 79.9. The lowest BCUT2D eigenvalue weighted by molar-refractivity contribution is 0.190. The van der Waals surface area contributed by atoms with Crippen LogP contribution in [-0.4, -0.2) is 5.11 Å². The van der Waals surface area contributed by atoms with Crippen molar-refractivity contribution >= 4 is 15.9 Å². The lowest BCUT2D eigenvalue weighted by atomic mass is 10.1. The van der Waals surface area contributed by atoms with E-state index in [0.29, 0.717) is 16.9 Å². The zero-order valence-electron chi connectivity index (χ0n) is 11.3. The molecular weight excluding hydrogens is 337 g/mol. The molecule has 0 aromatic heterocycles. The second-order valence-corrected chi connectivity index (χ2v) is 5.45. The summed E-state index contributed by atoms with van der Waals surface area (Å²) in [7, 11) is 0. The van der Waals surface area contributed by atoms with Crippen LogP contribution in [0.3, 0.4) is 0 Å². The van der Waals surface area contributed by atoms with Crippen molar-refractivity contribution in [2.24, 2.45) is 0 Å². The third-order valence-electron chi connectivity index (χ3n) is 3.01. The standard InChI is InChI=1S/C16H13BrFNO2/c1-10(20)14-6-5-13(17)7-15(14)21-9-12-4-2-3-11(8-19)16(12)18/h2-7,10,20H,9H2,1H3. The molecule has 2 aromatic carbocycles. The van der Waals surface area contributed by atoms with E-state index in [9.17, 15) is 9.50 Å². The maximum Gasteiger partial charge on any atom is 0.147 e. The van der Waals surface area contributed by atoms with Gasteiger partial charge in [0.1, 0.15) is 24.2 Å². The average Bonchev–Trinajstić information content (AvgIpc) is 2.46. The van der Waals surface area contributed by atoms with Gasteiger partial charge in [-0.15, -0.1) is 0 Å². The Morgan fingerprint density at radius 1 is 1.38 bits per heavy atom. The molecule has 0 saturated carbocycles. The van der Waals surface area contributed by atoms with Gasteiger partial charge in [0.2, 0.25) is 0 Å². The second kappa shape index (κ2) is 6.70. The number of hydrogen-bond donors (Lipinski definition) is 1. The molecule has 0 amide bonds. The molecule has 1 N–H and O–H groups in total. The van der Waals surface area contributed by atoms with E-state index >= 15 is 0 Å². The van der Waals surface area contributed by atoms with Gasteiger partial charge in [-0.25, -0.2) is 4.39 Å². The number of hydrogen-bond acceptors (Lipinski definition) is 3. The predicted octanol–water partition coefficient (Wildman–Crippen LogP) is 4.09. The first kappa shape index (κ1) is 15.5. The largest absolute Gasteiger partial charge is 0.488 e. The molecule has 0 spiro atoms. The Labute approximate surface area is 130 Å². The fourth-order valence-electron chi connectivity index (χ4n) is 1.91. The molecule has 2 rings (SSSR count). The van der Waals surface area contributed by atoms with E-state index in [1.165, 1.54) is 6.07 Å². The molecule has 0 saturated heterocycles. The molecule has 0 heterocycles. The highest BCUT2D eigenvalue weighted by Crippen LogP contribution is 2.29. The number of ether oxygens (including phenoxy) is 1. The van der Waals surface area contributed by atoms with Crippen LogP contribution in [0, 0.1) is 17.1 Å². The van der Waals surface area contributed by atoms with Gasteiger partial charge in [0.05, 0.1) is 11.7 Å². The van der Waals surface area contributed by atoms with Crippen molar-refractivity contribution in [3.8, 4) is 11.8 Å². The first-order valence-corrected chi connectivity index (χ1v) is 7.10. The van der Waals surface area contributed by atoms with Crippen LogP contribution in [0.25, 0.3) is 0 Å². The van der Waals surface area contributed by atoms with Gasteiger partial charge in [-0.2, -0.15) is 5.26 Å². The quantitative estimate of drug-likeness (QED) is 0.904. The van der Waals surface area contributed by atoms with Crippen molar-refractivity contribution in [2.45, 2.75) is 19.6 Å². The Morgan fingerprint density at radius 3 is 2.81 bits per heavy atom. The molecule has 0 bridgehead atoms. The first-order chi connectivity index (χ1) is 10.0. The van der Waals surface area contributed by atoms with Crippen molar-refractivity contribution in [1.29, 1.82) is 5.26 Å². The summed E-state index contributed by atoms with van der Waals surface area (Å²) >= 11 is 3.33. The van der Waals surface area contributed by atoms with Crippen LogP contribution >= 0.6 is 15.9 Å². The fraction of sp³-hybridized carbons (Fsp3) is 0.188. The van der Waals surface area contributed by atoms with Crippen LogP contribution in [0.1, 0.15) is 29.7 Å². The van der Waals surface area contributed by atoms with Crippen LogP contribution in [-0.2, 0) is 6.61 Å². The number of rotatable bonds is 4. The van der Waals surface area contributed by atoms with Crippen LogP contribution in [0.5, 0.6) is 5.75 Å². The molecule has 0 fully saturated rings. The summed E-state index contributed by atoms with van der Waals surface area (Å²) in [5.41, 5.74) is 0.904. The topological polar surface area (TPSA) is 53.2 Å². The van der Waals surface area contributed by atoms with Gasteiger partial charge in [-0.05, 0) is 25.1 Å². The van der Waals surface area contributed by atoms with Gasteiger partial charge in [-0.3, -0.25) is 0 Å². The summed E-state index contributed by atoms with van der Waals surface area (Å²) in [6.45, 7) is 1.62. The summed E-state index contributed by atoms with van der Waals surface area (Å²) in [6.07, 6.45) is -0.691. The van der Waals surface area contributed by atoms with Crippen molar-refractivity contribution in [3.63, 3.8) is 0 Å². The minimum absolute atomic E-state index is 0.0129. The van der Waals surface area contributed by atoms with Crippen LogP contribution in [0.2, 0.25) is 0 Å². The third-order valence-corrected chi connectivity index (χ3v) is 3.50. The van der Waals surface area contributed by atoms with Crippen molar-refractivity contribution in [3.05, 3.63) is 63.4 Å². The normalized spacial score (nSPS) is 11.8. The lowest BCUT2D eigenvalue weighted by Crippen LogP contribution is -2.03. The molecule has 1 atom stereocenters. The smallest absolute Gasteiger partial charge is 0.147 e. The minimum atomic E-state index is -0.691. The molecule has 5 heteroatoms. The van der Waals surface area contributed by atoms with Gasteiger partial charge in [0.25, 0.3) is 0 Å². The molecule has 0 aliphatic rings. The minimum Gasteiger partial charge on any atom is -0.488 e. The highest BCUT2D eigenvalue weighted by molar-refractivity contribution is 9.10. The molecule has 21 heavy (non-hydrogen) atoms. The molecule has 2 aromatic rings. The summed E-state index contributed by atoms with van der Waals surface area (Å²) in [6, 6.07) is 11.6. The van der Waals surface area contributed by atoms with E-state index in [0.717, 1.165) is 4.47 Å². The van der Waals surface area contributed by atoms with Crippen LogP contribution in [0.15, 0.2) is 40.9 Å². The fourth-order valence-corrected chi connectivity index (χ4v) is 2.25. The Bertz CT molecular complexity index is 695. The molecule has 3 nitrogen and oxygen atoms in total. The molecule has 0 aliphatic heterocycles. The van der Waals surface area contributed by atoms with E-state index in [1.54, 1.807) is 43.3 Å². The van der Waals surface area contributed by atoms with Crippen molar-refractivity contribution in [2.75, 3.05) is 0 Å². The third kappa shape index (κ3) is 3.60. The predicted molar refractivity (Wildman–Crippen MR) is 80.2 cm³/mol. The Morgan fingerprint density at radius 2 is 2.14 bits per heavy atom. The van der Waals surface area contributed by atoms with Gasteiger partial charge in [-0.1, -0.05) is 34.1 Å². The molecule has 0 radical (unpaired) electrons. The van der Waals surface area contributed by atoms with E-state index in [4.69, 9.17) is 10.00 Å². The van der Waals surface area contributed by atoms with E-state index in [2.05, 4.69) is 15.9 Å². The maximum atomic E-state index is 14.0. The maximum absolute atomic E-state index is 14.0. The highest BCUT2D eigenvalue weighted by Gasteiger charge is 2.12. The Balaban J connectivity index is 2.25. The number of benzene rings is 2. The second-order valence-electron chi connectivity index (χ2n) is 4.54. The number of nitrogens with zero attached hydrogens (tertiary/aromatic N) is 1. The van der Waals surface area contributed by atoms with Gasteiger partial charge in [0, 0.05) is 15.6 Å².